The molecule has 594 valence electrons. The van der Waals surface area contributed by atoms with E-state index in [-0.39, 0.29) is 25.7 Å². The molecule has 0 bridgehead atoms. The minimum absolute atomic E-state index is 0.107. The largest absolute Gasteiger partial charge is 0.472 e. The minimum atomic E-state index is -4.96. The maximum Gasteiger partial charge on any atom is 0.472 e. The van der Waals surface area contributed by atoms with Crippen LogP contribution in [0.25, 0.3) is 0 Å². The lowest BCUT2D eigenvalue weighted by atomic mass is 9.99. The van der Waals surface area contributed by atoms with Crippen LogP contribution in [0.3, 0.4) is 0 Å². The van der Waals surface area contributed by atoms with Crippen molar-refractivity contribution in [1.29, 1.82) is 0 Å². The summed E-state index contributed by atoms with van der Waals surface area (Å²) in [5.74, 6) is 0.296. The lowest BCUT2D eigenvalue weighted by molar-refractivity contribution is -0.161. The molecule has 0 aliphatic carbocycles. The van der Waals surface area contributed by atoms with E-state index < -0.39 is 97.5 Å². The van der Waals surface area contributed by atoms with Gasteiger partial charge in [-0.05, 0) is 43.4 Å². The highest BCUT2D eigenvalue weighted by molar-refractivity contribution is 7.47. The Kier molecular flexibility index (Phi) is 69.9. The van der Waals surface area contributed by atoms with Crippen LogP contribution in [0, 0.1) is 17.8 Å². The van der Waals surface area contributed by atoms with E-state index in [0.717, 1.165) is 108 Å². The molecule has 0 fully saturated rings. The molecule has 0 aromatic rings. The number of hydrogen-bond acceptors (Lipinski definition) is 15. The topological polar surface area (TPSA) is 237 Å². The molecule has 100 heavy (non-hydrogen) atoms. The molecule has 0 spiro atoms. The number of hydrogen-bond donors (Lipinski definition) is 3. The van der Waals surface area contributed by atoms with Gasteiger partial charge >= 0.3 is 39.5 Å². The molecule has 0 aliphatic heterocycles. The molecule has 0 aliphatic rings. The first-order chi connectivity index (χ1) is 48.3. The first-order valence-corrected chi connectivity index (χ1v) is 44.9. The third-order valence-corrected chi connectivity index (χ3v) is 21.1. The molecule has 0 rings (SSSR count). The van der Waals surface area contributed by atoms with Gasteiger partial charge in [-0.3, -0.25) is 37.3 Å². The predicted molar refractivity (Wildman–Crippen MR) is 409 cm³/mol. The van der Waals surface area contributed by atoms with E-state index in [1.165, 1.54) is 231 Å². The fraction of sp³-hybridized carbons (Fsp3) is 0.951. The highest BCUT2D eigenvalue weighted by Gasteiger charge is 2.30. The van der Waals surface area contributed by atoms with Crippen LogP contribution < -0.4 is 0 Å². The fourth-order valence-corrected chi connectivity index (χ4v) is 14.0. The van der Waals surface area contributed by atoms with Crippen LogP contribution in [0.1, 0.15) is 421 Å². The van der Waals surface area contributed by atoms with Crippen molar-refractivity contribution in [3.8, 4) is 0 Å². The van der Waals surface area contributed by atoms with E-state index >= 15 is 0 Å². The number of phosphoric acid groups is 2. The van der Waals surface area contributed by atoms with Crippen molar-refractivity contribution in [2.45, 2.75) is 439 Å². The number of aliphatic hydroxyl groups excluding tert-OH is 1. The normalized spacial score (nSPS) is 14.2. The van der Waals surface area contributed by atoms with Gasteiger partial charge in [0.25, 0.3) is 0 Å². The van der Waals surface area contributed by atoms with Crippen LogP contribution in [0.15, 0.2) is 0 Å². The van der Waals surface area contributed by atoms with Crippen LogP contribution in [0.4, 0.5) is 0 Å². The third-order valence-electron chi connectivity index (χ3n) is 19.2. The Balaban J connectivity index is 5.21. The van der Waals surface area contributed by atoms with Gasteiger partial charge in [0.1, 0.15) is 19.3 Å². The van der Waals surface area contributed by atoms with Crippen molar-refractivity contribution in [2.75, 3.05) is 39.6 Å². The van der Waals surface area contributed by atoms with E-state index in [1.807, 2.05) is 0 Å². The molecule has 6 atom stereocenters. The highest BCUT2D eigenvalue weighted by atomic mass is 31.2. The maximum atomic E-state index is 13.1. The van der Waals surface area contributed by atoms with Gasteiger partial charge in [0, 0.05) is 25.7 Å². The van der Waals surface area contributed by atoms with Crippen molar-refractivity contribution in [3.63, 3.8) is 0 Å². The Morgan fingerprint density at radius 2 is 0.510 bits per heavy atom. The molecule has 0 saturated heterocycles. The molecule has 3 N–H and O–H groups in total. The first kappa shape index (κ1) is 98.1. The zero-order valence-electron chi connectivity index (χ0n) is 65.7. The molecule has 0 radical (unpaired) electrons. The number of rotatable bonds is 79. The highest BCUT2D eigenvalue weighted by Crippen LogP contribution is 2.45. The van der Waals surface area contributed by atoms with E-state index in [0.29, 0.717) is 25.7 Å². The number of carbonyl (C=O) groups is 4. The molecule has 3 unspecified atom stereocenters. The SMILES string of the molecule is CCCCCCCCCCCCC(=O)OC[C@H](COP(=O)(O)OC[C@H](O)COP(=O)(O)OC[C@@H](COC(=O)CCCCCCCCCCCCCC(C)C)OC(=O)CCCCCCCCCCCCCCCCCCCCC(C)CC)OC(=O)CCCCCCCCCCCCCC(C)C. The second kappa shape index (κ2) is 71.3. The number of aliphatic hydroxyl groups is 1. The van der Waals surface area contributed by atoms with E-state index in [1.54, 1.807) is 0 Å². The second-order valence-electron chi connectivity index (χ2n) is 30.4. The summed E-state index contributed by atoms with van der Waals surface area (Å²) < 4.78 is 68.7. The van der Waals surface area contributed by atoms with Gasteiger partial charge in [-0.2, -0.15) is 0 Å². The van der Waals surface area contributed by atoms with Crippen molar-refractivity contribution in [3.05, 3.63) is 0 Å². The number of ether oxygens (including phenoxy) is 4. The van der Waals surface area contributed by atoms with E-state index in [2.05, 4.69) is 48.5 Å². The lowest BCUT2D eigenvalue weighted by Crippen LogP contribution is -2.30. The second-order valence-corrected chi connectivity index (χ2v) is 33.3. The first-order valence-electron chi connectivity index (χ1n) is 41.9. The summed E-state index contributed by atoms with van der Waals surface area (Å²) in [5, 5.41) is 10.6. The molecule has 0 aromatic heterocycles. The monoisotopic (exact) mass is 1470 g/mol. The quantitative estimate of drug-likeness (QED) is 0.0222. The summed E-state index contributed by atoms with van der Waals surface area (Å²) in [6.07, 6.45) is 59.6. The zero-order valence-corrected chi connectivity index (χ0v) is 67.5. The number of unbranched alkanes of at least 4 members (excludes halogenated alkanes) is 46. The maximum absolute atomic E-state index is 13.1. The van der Waals surface area contributed by atoms with Gasteiger partial charge in [0.2, 0.25) is 0 Å². The van der Waals surface area contributed by atoms with Crippen molar-refractivity contribution >= 4 is 39.5 Å². The van der Waals surface area contributed by atoms with Crippen molar-refractivity contribution < 1.29 is 80.2 Å². The van der Waals surface area contributed by atoms with E-state index in [4.69, 9.17) is 37.0 Å². The van der Waals surface area contributed by atoms with Gasteiger partial charge in [-0.25, -0.2) is 9.13 Å². The Hall–Kier alpha value is -1.94. The smallest absolute Gasteiger partial charge is 0.462 e. The molecule has 17 nitrogen and oxygen atoms in total. The zero-order chi connectivity index (χ0) is 73.7. The number of esters is 4. The number of carbonyl (C=O) groups excluding carboxylic acids is 4. The van der Waals surface area contributed by atoms with Crippen LogP contribution in [-0.2, 0) is 65.4 Å². The molecule has 19 heteroatoms. The molecule has 0 aromatic carbocycles. The van der Waals surface area contributed by atoms with Gasteiger partial charge in [-0.1, -0.05) is 370 Å². The summed E-state index contributed by atoms with van der Waals surface area (Å²) in [4.78, 5) is 73.0. The molecule has 0 heterocycles. The summed E-state index contributed by atoms with van der Waals surface area (Å²) in [5.41, 5.74) is 0. The van der Waals surface area contributed by atoms with Crippen LogP contribution >= 0.6 is 15.6 Å². The Labute approximate surface area is 613 Å². The Morgan fingerprint density at radius 3 is 0.760 bits per heavy atom. The van der Waals surface area contributed by atoms with Gasteiger partial charge in [0.05, 0.1) is 26.4 Å². The molecular weight excluding hydrogens is 1310 g/mol. The van der Waals surface area contributed by atoms with E-state index in [9.17, 15) is 43.2 Å². The Morgan fingerprint density at radius 1 is 0.290 bits per heavy atom. The lowest BCUT2D eigenvalue weighted by Gasteiger charge is -2.21. The van der Waals surface area contributed by atoms with Gasteiger partial charge in [-0.15, -0.1) is 0 Å². The van der Waals surface area contributed by atoms with Crippen LogP contribution in [0.2, 0.25) is 0 Å². The average molecular weight is 1470 g/mol. The summed E-state index contributed by atoms with van der Waals surface area (Å²) in [6, 6.07) is 0. The van der Waals surface area contributed by atoms with Crippen molar-refractivity contribution in [2.24, 2.45) is 17.8 Å². The van der Waals surface area contributed by atoms with Gasteiger partial charge in [0.15, 0.2) is 12.2 Å². The van der Waals surface area contributed by atoms with Crippen LogP contribution in [0.5, 0.6) is 0 Å². The Bertz CT molecular complexity index is 1940. The number of phosphoric ester groups is 2. The molecular formula is C81H158O17P2. The fourth-order valence-electron chi connectivity index (χ4n) is 12.5. The minimum Gasteiger partial charge on any atom is -0.462 e. The summed E-state index contributed by atoms with van der Waals surface area (Å²) >= 11 is 0. The third kappa shape index (κ3) is 73.0. The van der Waals surface area contributed by atoms with Crippen molar-refractivity contribution in [1.82, 2.24) is 0 Å². The van der Waals surface area contributed by atoms with Crippen LogP contribution in [-0.4, -0.2) is 96.7 Å². The summed E-state index contributed by atoms with van der Waals surface area (Å²) in [7, 11) is -9.92. The summed E-state index contributed by atoms with van der Waals surface area (Å²) in [6.45, 7) is 12.0. The average Bonchev–Trinajstić information content (AvgIpc) is 1.01. The van der Waals surface area contributed by atoms with Gasteiger partial charge < -0.3 is 33.8 Å². The molecule has 0 amide bonds. The standard InChI is InChI=1S/C81H158O17P2/c1-8-10-11-12-13-14-34-41-48-55-62-78(83)91-68-76(98-81(86)65-58-51-44-37-30-24-26-32-39-46-53-60-73(5)6)70-95-99(87,88)93-66-75(82)67-94-100(89,90)96-71-77(69-92-79(84)63-56-49-42-35-29-23-25-31-38-45-52-59-72(3)4)97-80(85)64-57-50-43-36-28-22-20-18-16-15-17-19-21-27-33-40-47-54-61-74(7)9-2/h72-77,82H,8-71H2,1-7H3,(H,87,88)(H,89,90)/t74?,75-,76+,77+/m0/s1. The molecule has 0 saturated carbocycles. The predicted octanol–water partition coefficient (Wildman–Crippen LogP) is 24.1.